The van der Waals surface area contributed by atoms with Gasteiger partial charge in [-0.3, -0.25) is 0 Å². The predicted molar refractivity (Wildman–Crippen MR) is 51.7 cm³/mol. The van der Waals surface area contributed by atoms with Crippen molar-refractivity contribution in [3.05, 3.63) is 0 Å². The molecule has 0 aromatic rings. The zero-order valence-corrected chi connectivity index (χ0v) is 9.33. The molecule has 1 rings (SSSR count). The van der Waals surface area contributed by atoms with Crippen molar-refractivity contribution in [1.82, 2.24) is 4.72 Å². The zero-order chi connectivity index (χ0) is 12.5. The highest BCUT2D eigenvalue weighted by Gasteiger charge is 2.44. The van der Waals surface area contributed by atoms with E-state index in [2.05, 4.69) is 0 Å². The summed E-state index contributed by atoms with van der Waals surface area (Å²) < 4.78 is 28.5. The van der Waals surface area contributed by atoms with Gasteiger partial charge in [-0.15, -0.1) is 0 Å². The summed E-state index contributed by atoms with van der Waals surface area (Å²) in [6.07, 6.45) is -4.98. The van der Waals surface area contributed by atoms with Gasteiger partial charge in [0, 0.05) is 0 Å². The fraction of sp³-hybridized carbons (Fsp3) is 1.00. The molecule has 0 unspecified atom stereocenters. The van der Waals surface area contributed by atoms with E-state index in [1.807, 2.05) is 4.72 Å². The summed E-state index contributed by atoms with van der Waals surface area (Å²) in [5, 5.41) is 37.1. The normalized spacial score (nSPS) is 40.9. The van der Waals surface area contributed by atoms with E-state index in [-0.39, 0.29) is 0 Å². The molecule has 0 aliphatic carbocycles. The number of aliphatic hydroxyl groups is 4. The minimum atomic E-state index is -3.66. The second kappa shape index (κ2) is 4.92. The Morgan fingerprint density at radius 2 is 1.81 bits per heavy atom. The van der Waals surface area contributed by atoms with Crippen molar-refractivity contribution in [1.29, 1.82) is 0 Å². The highest BCUT2D eigenvalue weighted by molar-refractivity contribution is 7.88. The van der Waals surface area contributed by atoms with E-state index in [1.165, 1.54) is 0 Å². The van der Waals surface area contributed by atoms with Crippen LogP contribution >= 0.6 is 0 Å². The molecule has 0 amide bonds. The highest BCUT2D eigenvalue weighted by atomic mass is 32.2. The number of nitrogens with one attached hydrogen (secondary N) is 1. The standard InChI is InChI=1S/C7H15NO7S/c1-16(13,14)8-4-6(11)5(10)3(2-9)15-7(4)12/h3-12H,2H2,1H3/t3-,4-,5-,6-,7-/m1/s1. The Bertz CT molecular complexity index is 332. The molecule has 0 saturated carbocycles. The first-order valence-corrected chi connectivity index (χ1v) is 6.43. The Morgan fingerprint density at radius 3 is 2.25 bits per heavy atom. The van der Waals surface area contributed by atoms with Crippen LogP contribution in [0.4, 0.5) is 0 Å². The molecule has 9 heteroatoms. The first-order chi connectivity index (χ1) is 7.26. The van der Waals surface area contributed by atoms with Crippen LogP contribution in [0.2, 0.25) is 0 Å². The van der Waals surface area contributed by atoms with E-state index in [0.29, 0.717) is 0 Å². The molecule has 0 spiro atoms. The lowest BCUT2D eigenvalue weighted by Gasteiger charge is -2.39. The Kier molecular flexibility index (Phi) is 4.23. The first kappa shape index (κ1) is 13.8. The van der Waals surface area contributed by atoms with Crippen LogP contribution in [0.5, 0.6) is 0 Å². The number of hydrogen-bond acceptors (Lipinski definition) is 7. The fourth-order valence-electron chi connectivity index (χ4n) is 1.47. The SMILES string of the molecule is CS(=O)(=O)N[C@@H]1[C@@H](O)[C@H](O)[C@@H](CO)O[C@H]1O. The number of hydrogen-bond donors (Lipinski definition) is 5. The minimum Gasteiger partial charge on any atom is -0.394 e. The van der Waals surface area contributed by atoms with Crippen LogP contribution in [-0.2, 0) is 14.8 Å². The van der Waals surface area contributed by atoms with Crippen molar-refractivity contribution in [3.8, 4) is 0 Å². The zero-order valence-electron chi connectivity index (χ0n) is 8.52. The average Bonchev–Trinajstić information content (AvgIpc) is 2.17. The second-order valence-corrected chi connectivity index (χ2v) is 5.42. The summed E-state index contributed by atoms with van der Waals surface area (Å²) in [6.45, 7) is -0.596. The quantitative estimate of drug-likeness (QED) is 0.351. The lowest BCUT2D eigenvalue weighted by atomic mass is 9.98. The Morgan fingerprint density at radius 1 is 1.25 bits per heavy atom. The lowest BCUT2D eigenvalue weighted by Crippen LogP contribution is -2.63. The Labute approximate surface area is 92.5 Å². The van der Waals surface area contributed by atoms with Crippen molar-refractivity contribution >= 4 is 10.0 Å². The summed E-state index contributed by atoms with van der Waals surface area (Å²) in [7, 11) is -3.66. The van der Waals surface area contributed by atoms with Crippen molar-refractivity contribution < 1.29 is 33.6 Å². The number of sulfonamides is 1. The van der Waals surface area contributed by atoms with Gasteiger partial charge in [0.15, 0.2) is 6.29 Å². The molecule has 0 radical (unpaired) electrons. The van der Waals surface area contributed by atoms with Gasteiger partial charge in [-0.2, -0.15) is 0 Å². The van der Waals surface area contributed by atoms with Crippen molar-refractivity contribution in [2.45, 2.75) is 30.6 Å². The van der Waals surface area contributed by atoms with E-state index in [9.17, 15) is 23.7 Å². The molecule has 1 heterocycles. The molecule has 1 fully saturated rings. The lowest BCUT2D eigenvalue weighted by molar-refractivity contribution is -0.251. The molecule has 0 bridgehead atoms. The van der Waals surface area contributed by atoms with Crippen molar-refractivity contribution in [3.63, 3.8) is 0 Å². The van der Waals surface area contributed by atoms with Gasteiger partial charge in [0.2, 0.25) is 10.0 Å². The highest BCUT2D eigenvalue weighted by Crippen LogP contribution is 2.19. The summed E-state index contributed by atoms with van der Waals surface area (Å²) in [6, 6.07) is -1.37. The second-order valence-electron chi connectivity index (χ2n) is 3.64. The van der Waals surface area contributed by atoms with Crippen LogP contribution in [0.15, 0.2) is 0 Å². The molecular formula is C7H15NO7S. The maximum Gasteiger partial charge on any atom is 0.209 e. The Hall–Kier alpha value is -0.290. The van der Waals surface area contributed by atoms with Crippen LogP contribution in [0, 0.1) is 0 Å². The van der Waals surface area contributed by atoms with Gasteiger partial charge in [-0.25, -0.2) is 13.1 Å². The molecule has 1 saturated heterocycles. The molecule has 1 aliphatic rings. The van der Waals surface area contributed by atoms with Gasteiger partial charge in [0.05, 0.1) is 12.9 Å². The van der Waals surface area contributed by atoms with Crippen LogP contribution in [0.1, 0.15) is 0 Å². The molecule has 5 N–H and O–H groups in total. The molecule has 8 nitrogen and oxygen atoms in total. The molecule has 0 aromatic heterocycles. The van der Waals surface area contributed by atoms with Crippen LogP contribution in [0.25, 0.3) is 0 Å². The van der Waals surface area contributed by atoms with Gasteiger partial charge in [-0.05, 0) is 0 Å². The smallest absolute Gasteiger partial charge is 0.209 e. The van der Waals surface area contributed by atoms with Crippen molar-refractivity contribution in [2.24, 2.45) is 0 Å². The number of rotatable bonds is 3. The molecular weight excluding hydrogens is 242 g/mol. The number of ether oxygens (including phenoxy) is 1. The van der Waals surface area contributed by atoms with Gasteiger partial charge in [0.25, 0.3) is 0 Å². The van der Waals surface area contributed by atoms with Crippen LogP contribution < -0.4 is 4.72 Å². The maximum atomic E-state index is 10.9. The van der Waals surface area contributed by atoms with E-state index in [4.69, 9.17) is 9.84 Å². The third-order valence-electron chi connectivity index (χ3n) is 2.25. The molecule has 1 aliphatic heterocycles. The summed E-state index contributed by atoms with van der Waals surface area (Å²) in [5.41, 5.74) is 0. The third kappa shape index (κ3) is 3.10. The van der Waals surface area contributed by atoms with Crippen LogP contribution in [-0.4, -0.2) is 72.4 Å². The van der Waals surface area contributed by atoms with Gasteiger partial charge in [-0.1, -0.05) is 0 Å². The first-order valence-electron chi connectivity index (χ1n) is 4.54. The monoisotopic (exact) mass is 257 g/mol. The van der Waals surface area contributed by atoms with E-state index < -0.39 is 47.3 Å². The summed E-state index contributed by atoms with van der Waals surface area (Å²) in [4.78, 5) is 0. The van der Waals surface area contributed by atoms with E-state index in [0.717, 1.165) is 6.26 Å². The van der Waals surface area contributed by atoms with Gasteiger partial charge in [0.1, 0.15) is 24.4 Å². The van der Waals surface area contributed by atoms with Gasteiger partial charge < -0.3 is 25.2 Å². The minimum absolute atomic E-state index is 0.596. The number of aliphatic hydroxyl groups excluding tert-OH is 4. The van der Waals surface area contributed by atoms with Crippen molar-refractivity contribution in [2.75, 3.05) is 12.9 Å². The third-order valence-corrected chi connectivity index (χ3v) is 2.95. The molecule has 96 valence electrons. The molecule has 5 atom stereocenters. The summed E-state index contributed by atoms with van der Waals surface area (Å²) >= 11 is 0. The molecule has 16 heavy (non-hydrogen) atoms. The predicted octanol–water partition coefficient (Wildman–Crippen LogP) is -3.66. The maximum absolute atomic E-state index is 10.9. The van der Waals surface area contributed by atoms with Gasteiger partial charge >= 0.3 is 0 Å². The summed E-state index contributed by atoms with van der Waals surface area (Å²) in [5.74, 6) is 0. The topological polar surface area (TPSA) is 136 Å². The van der Waals surface area contributed by atoms with E-state index in [1.54, 1.807) is 0 Å². The molecule has 0 aromatic carbocycles. The Balaban J connectivity index is 2.80. The largest absolute Gasteiger partial charge is 0.394 e. The average molecular weight is 257 g/mol. The fourth-order valence-corrected chi connectivity index (χ4v) is 2.22. The van der Waals surface area contributed by atoms with Crippen LogP contribution in [0.3, 0.4) is 0 Å². The van der Waals surface area contributed by atoms with E-state index >= 15 is 0 Å².